The van der Waals surface area contributed by atoms with Crippen molar-refractivity contribution in [3.8, 4) is 0 Å². The Hall–Kier alpha value is -2.82. The van der Waals surface area contributed by atoms with E-state index < -0.39 is 11.8 Å². The maximum atomic E-state index is 12.3. The van der Waals surface area contributed by atoms with Crippen LogP contribution in [-0.4, -0.2) is 11.8 Å². The molecule has 1 N–H and O–H groups in total. The molecule has 3 rings (SSSR count). The first-order valence-electron chi connectivity index (χ1n) is 6.13. The van der Waals surface area contributed by atoms with Crippen molar-refractivity contribution in [2.45, 2.75) is 6.92 Å². The molecule has 1 aliphatic rings. The number of furan rings is 1. The van der Waals surface area contributed by atoms with Crippen LogP contribution in [0.2, 0.25) is 0 Å². The first kappa shape index (κ1) is 12.2. The van der Waals surface area contributed by atoms with E-state index in [2.05, 4.69) is 5.43 Å². The van der Waals surface area contributed by atoms with E-state index in [0.717, 1.165) is 5.56 Å². The van der Waals surface area contributed by atoms with Crippen LogP contribution in [0, 0.1) is 6.92 Å². The van der Waals surface area contributed by atoms with Crippen LogP contribution >= 0.6 is 0 Å². The van der Waals surface area contributed by atoms with Gasteiger partial charge >= 0.3 is 0 Å². The molecule has 0 saturated carbocycles. The quantitative estimate of drug-likeness (QED) is 0.669. The van der Waals surface area contributed by atoms with Crippen LogP contribution < -0.4 is 10.4 Å². The normalized spacial score (nSPS) is 16.9. The third-order valence-electron chi connectivity index (χ3n) is 3.08. The summed E-state index contributed by atoms with van der Waals surface area (Å²) in [5, 5.41) is 1.23. The number of carbonyl (C=O) groups is 2. The van der Waals surface area contributed by atoms with Gasteiger partial charge in [-0.15, -0.1) is 0 Å². The summed E-state index contributed by atoms with van der Waals surface area (Å²) in [6.45, 7) is 1.85. The Bertz CT molecular complexity index is 701. The molecular formula is C15H12N2O3. The van der Waals surface area contributed by atoms with E-state index in [0.29, 0.717) is 11.4 Å². The SMILES string of the molecule is Cc1ccoc1C=C1C(=O)NN(c2ccccc2)C1=O. The molecule has 0 aliphatic carbocycles. The second kappa shape index (κ2) is 4.70. The van der Waals surface area contributed by atoms with Crippen LogP contribution in [0.1, 0.15) is 11.3 Å². The van der Waals surface area contributed by atoms with Crippen molar-refractivity contribution in [3.63, 3.8) is 0 Å². The Morgan fingerprint density at radius 1 is 1.15 bits per heavy atom. The molecule has 0 radical (unpaired) electrons. The average Bonchev–Trinajstić information content (AvgIpc) is 2.98. The monoisotopic (exact) mass is 268 g/mol. The van der Waals surface area contributed by atoms with E-state index in [1.165, 1.54) is 17.3 Å². The van der Waals surface area contributed by atoms with Crippen molar-refractivity contribution in [2.75, 3.05) is 5.01 Å². The molecule has 2 heterocycles. The van der Waals surface area contributed by atoms with Crippen molar-refractivity contribution >= 4 is 23.6 Å². The number of aryl methyl sites for hydroxylation is 1. The van der Waals surface area contributed by atoms with Crippen LogP contribution in [0.3, 0.4) is 0 Å². The Labute approximate surface area is 115 Å². The lowest BCUT2D eigenvalue weighted by molar-refractivity contribution is -0.117. The summed E-state index contributed by atoms with van der Waals surface area (Å²) in [7, 11) is 0. The van der Waals surface area contributed by atoms with Gasteiger partial charge in [0.1, 0.15) is 11.3 Å². The number of hydrazine groups is 1. The van der Waals surface area contributed by atoms with E-state index in [1.54, 1.807) is 30.3 Å². The predicted molar refractivity (Wildman–Crippen MR) is 73.5 cm³/mol. The fourth-order valence-electron chi connectivity index (χ4n) is 1.98. The minimum Gasteiger partial charge on any atom is -0.465 e. The van der Waals surface area contributed by atoms with Gasteiger partial charge < -0.3 is 4.42 Å². The summed E-state index contributed by atoms with van der Waals surface area (Å²) in [6, 6.07) is 10.7. The third kappa shape index (κ3) is 1.99. The fraction of sp³-hybridized carbons (Fsp3) is 0.0667. The number of amides is 2. The van der Waals surface area contributed by atoms with Crippen LogP contribution in [0.5, 0.6) is 0 Å². The Morgan fingerprint density at radius 3 is 2.55 bits per heavy atom. The zero-order chi connectivity index (χ0) is 14.1. The molecule has 100 valence electrons. The van der Waals surface area contributed by atoms with Gasteiger partial charge in [-0.2, -0.15) is 0 Å². The van der Waals surface area contributed by atoms with Crippen molar-refractivity contribution in [3.05, 3.63) is 59.6 Å². The van der Waals surface area contributed by atoms with Gasteiger partial charge in [0.2, 0.25) is 0 Å². The molecule has 0 bridgehead atoms. The highest BCUT2D eigenvalue weighted by atomic mass is 16.3. The van der Waals surface area contributed by atoms with Crippen molar-refractivity contribution in [1.29, 1.82) is 0 Å². The van der Waals surface area contributed by atoms with Gasteiger partial charge in [0, 0.05) is 0 Å². The van der Waals surface area contributed by atoms with Gasteiger partial charge in [0.15, 0.2) is 0 Å². The van der Waals surface area contributed by atoms with Gasteiger partial charge in [-0.3, -0.25) is 15.0 Å². The Morgan fingerprint density at radius 2 is 1.90 bits per heavy atom. The lowest BCUT2D eigenvalue weighted by Gasteiger charge is -2.13. The van der Waals surface area contributed by atoms with Crippen LogP contribution in [-0.2, 0) is 9.59 Å². The standard InChI is InChI=1S/C15H12N2O3/c1-10-7-8-20-13(10)9-12-14(18)16-17(15(12)19)11-5-3-2-4-6-11/h2-9H,1H3,(H,16,18). The zero-order valence-corrected chi connectivity index (χ0v) is 10.8. The summed E-state index contributed by atoms with van der Waals surface area (Å²) in [6.07, 6.45) is 2.99. The van der Waals surface area contributed by atoms with Crippen LogP contribution in [0.15, 0.2) is 52.7 Å². The van der Waals surface area contributed by atoms with Gasteiger partial charge in [-0.1, -0.05) is 18.2 Å². The summed E-state index contributed by atoms with van der Waals surface area (Å²) in [5.74, 6) is -0.315. The Balaban J connectivity index is 1.96. The second-order valence-corrected chi connectivity index (χ2v) is 4.44. The van der Waals surface area contributed by atoms with Crippen LogP contribution in [0.4, 0.5) is 5.69 Å². The van der Waals surface area contributed by atoms with Gasteiger partial charge in [-0.25, -0.2) is 5.01 Å². The number of hydrogen-bond donors (Lipinski definition) is 1. The maximum absolute atomic E-state index is 12.3. The number of carbonyl (C=O) groups excluding carboxylic acids is 2. The van der Waals surface area contributed by atoms with Crippen molar-refractivity contribution in [2.24, 2.45) is 0 Å². The molecule has 5 nitrogen and oxygen atoms in total. The molecule has 1 fully saturated rings. The fourth-order valence-corrected chi connectivity index (χ4v) is 1.98. The number of para-hydroxylation sites is 1. The number of nitrogens with one attached hydrogen (secondary N) is 1. The van der Waals surface area contributed by atoms with Crippen LogP contribution in [0.25, 0.3) is 6.08 Å². The number of hydrogen-bond acceptors (Lipinski definition) is 3. The van der Waals surface area contributed by atoms with E-state index in [1.807, 2.05) is 13.0 Å². The number of rotatable bonds is 2. The first-order chi connectivity index (χ1) is 9.66. The topological polar surface area (TPSA) is 62.6 Å². The first-order valence-corrected chi connectivity index (χ1v) is 6.13. The molecule has 2 amide bonds. The smallest absolute Gasteiger partial charge is 0.282 e. The summed E-state index contributed by atoms with van der Waals surface area (Å²) in [5.41, 5.74) is 4.09. The van der Waals surface area contributed by atoms with Crippen molar-refractivity contribution in [1.82, 2.24) is 5.43 Å². The lowest BCUT2D eigenvalue weighted by atomic mass is 10.1. The van der Waals surface area contributed by atoms with Gasteiger partial charge in [0.05, 0.1) is 12.0 Å². The number of nitrogens with zero attached hydrogens (tertiary/aromatic N) is 1. The number of benzene rings is 1. The minimum absolute atomic E-state index is 0.0619. The molecule has 20 heavy (non-hydrogen) atoms. The highest BCUT2D eigenvalue weighted by molar-refractivity contribution is 6.31. The molecule has 1 aromatic carbocycles. The molecular weight excluding hydrogens is 256 g/mol. The molecule has 0 unspecified atom stereocenters. The molecule has 5 heteroatoms. The lowest BCUT2D eigenvalue weighted by Crippen LogP contribution is -2.35. The van der Waals surface area contributed by atoms with Crippen molar-refractivity contribution < 1.29 is 14.0 Å². The molecule has 0 atom stereocenters. The summed E-state index contributed by atoms with van der Waals surface area (Å²) in [4.78, 5) is 24.2. The molecule has 0 spiro atoms. The van der Waals surface area contributed by atoms with E-state index in [9.17, 15) is 9.59 Å². The highest BCUT2D eigenvalue weighted by Gasteiger charge is 2.34. The summed E-state index contributed by atoms with van der Waals surface area (Å²) >= 11 is 0. The molecule has 1 saturated heterocycles. The molecule has 1 aliphatic heterocycles. The largest absolute Gasteiger partial charge is 0.465 e. The third-order valence-corrected chi connectivity index (χ3v) is 3.08. The highest BCUT2D eigenvalue weighted by Crippen LogP contribution is 2.22. The summed E-state index contributed by atoms with van der Waals surface area (Å²) < 4.78 is 5.24. The van der Waals surface area contributed by atoms with E-state index in [4.69, 9.17) is 4.42 Å². The van der Waals surface area contributed by atoms with Gasteiger partial charge in [-0.05, 0) is 36.8 Å². The zero-order valence-electron chi connectivity index (χ0n) is 10.8. The molecule has 1 aromatic heterocycles. The maximum Gasteiger partial charge on any atom is 0.282 e. The van der Waals surface area contributed by atoms with Gasteiger partial charge in [0.25, 0.3) is 11.8 Å². The number of anilines is 1. The molecule has 2 aromatic rings. The second-order valence-electron chi connectivity index (χ2n) is 4.44. The van der Waals surface area contributed by atoms with E-state index in [-0.39, 0.29) is 5.57 Å². The minimum atomic E-state index is -0.436. The van der Waals surface area contributed by atoms with E-state index >= 15 is 0 Å². The average molecular weight is 268 g/mol. The predicted octanol–water partition coefficient (Wildman–Crippen LogP) is 2.05. The Kier molecular flexibility index (Phi) is 2.87.